The maximum absolute atomic E-state index is 13.3. The minimum atomic E-state index is -0.409. The van der Waals surface area contributed by atoms with E-state index in [-0.39, 0.29) is 10.3 Å². The van der Waals surface area contributed by atoms with Crippen LogP contribution in [0.3, 0.4) is 0 Å². The normalized spacial score (nSPS) is 13.1. The molecule has 0 saturated carbocycles. The molecular weight excluding hydrogens is 407 g/mol. The molecule has 0 aromatic heterocycles. The minimum Gasteiger partial charge on any atom is -0.486 e. The lowest BCUT2D eigenvalue weighted by atomic mass is 10.0. The van der Waals surface area contributed by atoms with Crippen molar-refractivity contribution in [3.8, 4) is 11.5 Å². The molecule has 3 nitrogen and oxygen atoms in total. The van der Waals surface area contributed by atoms with Gasteiger partial charge in [0, 0.05) is 15.6 Å². The summed E-state index contributed by atoms with van der Waals surface area (Å²) in [5.41, 5.74) is 0.832. The summed E-state index contributed by atoms with van der Waals surface area (Å²) in [6.07, 6.45) is 0. The van der Waals surface area contributed by atoms with Crippen LogP contribution in [0.1, 0.15) is 15.9 Å². The third kappa shape index (κ3) is 2.82. The Hall–Kier alpha value is -1.40. The molecule has 0 aliphatic carbocycles. The molecule has 1 aliphatic rings. The Morgan fingerprint density at radius 3 is 2.33 bits per heavy atom. The van der Waals surface area contributed by atoms with E-state index in [0.717, 1.165) is 0 Å². The number of ketones is 1. The van der Waals surface area contributed by atoms with Crippen molar-refractivity contribution in [2.45, 2.75) is 0 Å². The molecule has 1 heterocycles. The number of carbonyl (C=O) groups is 1. The molecule has 0 radical (unpaired) electrons. The van der Waals surface area contributed by atoms with Crippen molar-refractivity contribution in [3.05, 3.63) is 56.2 Å². The van der Waals surface area contributed by atoms with E-state index in [0.29, 0.717) is 40.3 Å². The molecule has 3 rings (SSSR count). The van der Waals surface area contributed by atoms with Gasteiger partial charge in [-0.2, -0.15) is 0 Å². The maximum atomic E-state index is 13.3. The molecule has 0 atom stereocenters. The van der Waals surface area contributed by atoms with Gasteiger partial charge in [0.05, 0.1) is 4.47 Å². The van der Waals surface area contributed by atoms with E-state index < -0.39 is 5.82 Å². The van der Waals surface area contributed by atoms with Crippen molar-refractivity contribution in [2.24, 2.45) is 0 Å². The summed E-state index contributed by atoms with van der Waals surface area (Å²) < 4.78 is 25.1. The average Bonchev–Trinajstić information content (AvgIpc) is 2.48. The van der Waals surface area contributed by atoms with E-state index in [1.165, 1.54) is 18.2 Å². The molecule has 1 aliphatic heterocycles. The summed E-state index contributed by atoms with van der Waals surface area (Å²) in [5.74, 6) is 0.506. The van der Waals surface area contributed by atoms with E-state index in [1.54, 1.807) is 12.1 Å². The first-order valence-corrected chi connectivity index (χ1v) is 7.74. The number of benzene rings is 2. The second kappa shape index (κ2) is 5.77. The van der Waals surface area contributed by atoms with Crippen molar-refractivity contribution in [1.29, 1.82) is 0 Å². The molecule has 21 heavy (non-hydrogen) atoms. The molecule has 2 aromatic carbocycles. The number of ether oxygens (including phenoxy) is 2. The Bertz CT molecular complexity index is 731. The van der Waals surface area contributed by atoms with Gasteiger partial charge in [-0.3, -0.25) is 4.79 Å². The van der Waals surface area contributed by atoms with Gasteiger partial charge in [0.2, 0.25) is 0 Å². The van der Waals surface area contributed by atoms with Gasteiger partial charge in [-0.25, -0.2) is 4.39 Å². The molecule has 2 aromatic rings. The number of fused-ring (bicyclic) bond motifs is 1. The van der Waals surface area contributed by atoms with E-state index in [4.69, 9.17) is 9.47 Å². The molecule has 0 bridgehead atoms. The maximum Gasteiger partial charge on any atom is 0.194 e. The fraction of sp³-hybridized carbons (Fsp3) is 0.133. The summed E-state index contributed by atoms with van der Waals surface area (Å²) in [7, 11) is 0. The van der Waals surface area contributed by atoms with Crippen LogP contribution in [0.2, 0.25) is 0 Å². The largest absolute Gasteiger partial charge is 0.486 e. The molecule has 0 spiro atoms. The first-order valence-electron chi connectivity index (χ1n) is 6.15. The summed E-state index contributed by atoms with van der Waals surface area (Å²) >= 11 is 6.45. The molecule has 0 fully saturated rings. The van der Waals surface area contributed by atoms with Crippen molar-refractivity contribution in [1.82, 2.24) is 0 Å². The Balaban J connectivity index is 2.03. The molecule has 6 heteroatoms. The van der Waals surface area contributed by atoms with Crippen LogP contribution in [0.5, 0.6) is 11.5 Å². The van der Waals surface area contributed by atoms with Gasteiger partial charge in [0.25, 0.3) is 0 Å². The third-order valence-corrected chi connectivity index (χ3v) is 4.32. The highest BCUT2D eigenvalue weighted by Crippen LogP contribution is 2.36. The Morgan fingerprint density at radius 1 is 1.00 bits per heavy atom. The van der Waals surface area contributed by atoms with Crippen LogP contribution in [0.25, 0.3) is 0 Å². The third-order valence-electron chi connectivity index (χ3n) is 3.06. The first kappa shape index (κ1) is 14.5. The lowest BCUT2D eigenvalue weighted by Crippen LogP contribution is -2.16. The number of hydrogen-bond donors (Lipinski definition) is 0. The predicted octanol–water partition coefficient (Wildman–Crippen LogP) is 4.35. The zero-order chi connectivity index (χ0) is 15.0. The van der Waals surface area contributed by atoms with Crippen LogP contribution in [0.15, 0.2) is 39.3 Å². The molecule has 0 amide bonds. The van der Waals surface area contributed by atoms with Gasteiger partial charge in [-0.1, -0.05) is 0 Å². The Kier molecular flexibility index (Phi) is 3.99. The van der Waals surface area contributed by atoms with Gasteiger partial charge >= 0.3 is 0 Å². The van der Waals surface area contributed by atoms with Crippen LogP contribution < -0.4 is 9.47 Å². The summed E-state index contributed by atoms with van der Waals surface area (Å²) in [5, 5.41) is 0. The van der Waals surface area contributed by atoms with E-state index in [2.05, 4.69) is 31.9 Å². The smallest absolute Gasteiger partial charge is 0.194 e. The predicted molar refractivity (Wildman–Crippen MR) is 82.7 cm³/mol. The number of carbonyl (C=O) groups excluding carboxylic acids is 1. The second-order valence-corrected chi connectivity index (χ2v) is 6.14. The molecular formula is C15H9Br2FO3. The fourth-order valence-corrected chi connectivity index (χ4v) is 2.91. The van der Waals surface area contributed by atoms with Crippen molar-refractivity contribution in [3.63, 3.8) is 0 Å². The molecule has 0 unspecified atom stereocenters. The lowest BCUT2D eigenvalue weighted by Gasteiger charge is -2.19. The summed E-state index contributed by atoms with van der Waals surface area (Å²) in [6.45, 7) is 0.933. The topological polar surface area (TPSA) is 35.5 Å². The summed E-state index contributed by atoms with van der Waals surface area (Å²) in [4.78, 5) is 12.5. The Morgan fingerprint density at radius 2 is 1.67 bits per heavy atom. The quantitative estimate of drug-likeness (QED) is 0.684. The van der Waals surface area contributed by atoms with Gasteiger partial charge in [0.15, 0.2) is 17.3 Å². The standard InChI is InChI=1S/C15H9Br2FO3/c16-10-7-14-13(20-3-4-21-14)6-9(10)15(19)8-1-2-12(18)11(17)5-8/h1-2,5-7H,3-4H2. The van der Waals surface area contributed by atoms with E-state index in [9.17, 15) is 9.18 Å². The second-order valence-electron chi connectivity index (χ2n) is 4.43. The zero-order valence-electron chi connectivity index (χ0n) is 10.7. The van der Waals surface area contributed by atoms with Crippen LogP contribution in [0, 0.1) is 5.82 Å². The monoisotopic (exact) mass is 414 g/mol. The van der Waals surface area contributed by atoms with E-state index in [1.807, 2.05) is 0 Å². The van der Waals surface area contributed by atoms with Crippen LogP contribution in [0.4, 0.5) is 4.39 Å². The van der Waals surface area contributed by atoms with Gasteiger partial charge in [-0.05, 0) is 62.2 Å². The average molecular weight is 416 g/mol. The van der Waals surface area contributed by atoms with Gasteiger partial charge < -0.3 is 9.47 Å². The van der Waals surface area contributed by atoms with Gasteiger partial charge in [0.1, 0.15) is 19.0 Å². The summed E-state index contributed by atoms with van der Waals surface area (Å²) in [6, 6.07) is 7.51. The number of rotatable bonds is 2. The number of halogens is 3. The minimum absolute atomic E-state index is 0.223. The highest BCUT2D eigenvalue weighted by atomic mass is 79.9. The van der Waals surface area contributed by atoms with Crippen molar-refractivity contribution in [2.75, 3.05) is 13.2 Å². The molecule has 0 N–H and O–H groups in total. The van der Waals surface area contributed by atoms with Crippen LogP contribution in [-0.2, 0) is 0 Å². The van der Waals surface area contributed by atoms with E-state index >= 15 is 0 Å². The zero-order valence-corrected chi connectivity index (χ0v) is 13.8. The van der Waals surface area contributed by atoms with Crippen molar-refractivity contribution < 1.29 is 18.7 Å². The van der Waals surface area contributed by atoms with Crippen LogP contribution in [-0.4, -0.2) is 19.0 Å². The van der Waals surface area contributed by atoms with Gasteiger partial charge in [-0.15, -0.1) is 0 Å². The Labute approximate surface area is 137 Å². The SMILES string of the molecule is O=C(c1ccc(F)c(Br)c1)c1cc2c(cc1Br)OCCO2. The highest BCUT2D eigenvalue weighted by molar-refractivity contribution is 9.10. The lowest BCUT2D eigenvalue weighted by molar-refractivity contribution is 0.103. The first-order chi connectivity index (χ1) is 10.1. The fourth-order valence-electron chi connectivity index (χ4n) is 2.03. The van der Waals surface area contributed by atoms with Crippen molar-refractivity contribution >= 4 is 37.6 Å². The highest BCUT2D eigenvalue weighted by Gasteiger charge is 2.20. The molecule has 0 saturated heterocycles. The molecule has 108 valence electrons. The van der Waals surface area contributed by atoms with Crippen LogP contribution >= 0.6 is 31.9 Å². The number of hydrogen-bond acceptors (Lipinski definition) is 3.